The second-order valence-electron chi connectivity index (χ2n) is 8.74. The van der Waals surface area contributed by atoms with Crippen LogP contribution in [0.3, 0.4) is 0 Å². The second-order valence-corrected chi connectivity index (χ2v) is 8.74. The predicted octanol–water partition coefficient (Wildman–Crippen LogP) is 2.33. The number of nitrogens with one attached hydrogen (secondary N) is 1. The number of hydrogen-bond donors (Lipinski definition) is 1. The summed E-state index contributed by atoms with van der Waals surface area (Å²) in [5.41, 5.74) is 2.85. The second kappa shape index (κ2) is 5.89. The molecule has 3 amide bonds. The molecule has 28 heavy (non-hydrogen) atoms. The minimum absolute atomic E-state index is 0.0219. The average Bonchev–Trinajstić information content (AvgIpc) is 3.37. The van der Waals surface area contributed by atoms with Gasteiger partial charge in [-0.25, -0.2) is 0 Å². The third-order valence-electron chi connectivity index (χ3n) is 7.53. The molecule has 148 valence electrons. The number of carbonyl (C=O) groups is 3. The van der Waals surface area contributed by atoms with E-state index in [9.17, 15) is 14.4 Å². The van der Waals surface area contributed by atoms with E-state index in [1.54, 1.807) is 0 Å². The van der Waals surface area contributed by atoms with Crippen molar-refractivity contribution in [2.24, 2.45) is 11.8 Å². The van der Waals surface area contributed by atoms with Crippen molar-refractivity contribution in [3.05, 3.63) is 28.8 Å². The van der Waals surface area contributed by atoms with Gasteiger partial charge in [0, 0.05) is 23.8 Å². The van der Waals surface area contributed by atoms with E-state index in [1.807, 2.05) is 26.0 Å². The largest absolute Gasteiger partial charge is 0.324 e. The minimum Gasteiger partial charge on any atom is -0.324 e. The number of imide groups is 1. The molecule has 3 saturated heterocycles. The standard InChI is InChI=1S/C22H27N3O3/c1-4-5-10-24-19(26)16-15-7-6-11-25(15)22(17(16)20(24)27)14-9-8-12(2)13(3)18(14)23-21(22)28/h8-9,15-17H,4-7,10-11H2,1-3H3,(H,23,28)/t15-,16+,17-,22+/m0/s1. The molecule has 1 spiro atoms. The molecular formula is C22H27N3O3. The van der Waals surface area contributed by atoms with Gasteiger partial charge in [-0.15, -0.1) is 0 Å². The number of unbranched alkanes of at least 4 members (excludes halogenated alkanes) is 1. The Hall–Kier alpha value is -2.21. The summed E-state index contributed by atoms with van der Waals surface area (Å²) in [6, 6.07) is 4.01. The van der Waals surface area contributed by atoms with Crippen molar-refractivity contribution >= 4 is 23.4 Å². The van der Waals surface area contributed by atoms with E-state index >= 15 is 0 Å². The van der Waals surface area contributed by atoms with Gasteiger partial charge >= 0.3 is 0 Å². The van der Waals surface area contributed by atoms with Gasteiger partial charge in [-0.3, -0.25) is 24.2 Å². The molecule has 3 fully saturated rings. The highest BCUT2D eigenvalue weighted by molar-refractivity contribution is 6.15. The maximum absolute atomic E-state index is 13.5. The summed E-state index contributed by atoms with van der Waals surface area (Å²) in [7, 11) is 0. The van der Waals surface area contributed by atoms with Gasteiger partial charge < -0.3 is 5.32 Å². The molecule has 4 heterocycles. The fourth-order valence-corrected chi connectivity index (χ4v) is 6.12. The van der Waals surface area contributed by atoms with E-state index < -0.39 is 17.4 Å². The van der Waals surface area contributed by atoms with Crippen LogP contribution in [0.1, 0.15) is 49.3 Å². The number of rotatable bonds is 3. The molecule has 1 aromatic rings. The molecule has 1 aromatic carbocycles. The first-order chi connectivity index (χ1) is 13.4. The van der Waals surface area contributed by atoms with E-state index in [-0.39, 0.29) is 23.8 Å². The zero-order valence-electron chi connectivity index (χ0n) is 16.7. The van der Waals surface area contributed by atoms with Crippen molar-refractivity contribution in [3.8, 4) is 0 Å². The highest BCUT2D eigenvalue weighted by Gasteiger charge is 2.74. The number of aryl methyl sites for hydroxylation is 1. The normalized spacial score (nSPS) is 33.6. The van der Waals surface area contributed by atoms with Crippen molar-refractivity contribution in [1.82, 2.24) is 9.80 Å². The third-order valence-corrected chi connectivity index (χ3v) is 7.53. The monoisotopic (exact) mass is 381 g/mol. The van der Waals surface area contributed by atoms with Crippen LogP contribution in [-0.4, -0.2) is 46.7 Å². The van der Waals surface area contributed by atoms with Crippen LogP contribution in [0.25, 0.3) is 0 Å². The predicted molar refractivity (Wildman–Crippen MR) is 105 cm³/mol. The molecule has 0 aliphatic carbocycles. The fourth-order valence-electron chi connectivity index (χ4n) is 6.12. The lowest BCUT2D eigenvalue weighted by Crippen LogP contribution is -2.54. The quantitative estimate of drug-likeness (QED) is 0.816. The Labute approximate surface area is 165 Å². The summed E-state index contributed by atoms with van der Waals surface area (Å²) in [5.74, 6) is -1.36. The molecule has 4 atom stereocenters. The molecule has 0 unspecified atom stereocenters. The Bertz CT molecular complexity index is 911. The van der Waals surface area contributed by atoms with Crippen LogP contribution in [0.2, 0.25) is 0 Å². The van der Waals surface area contributed by atoms with Crippen LogP contribution < -0.4 is 5.32 Å². The summed E-state index contributed by atoms with van der Waals surface area (Å²) in [5, 5.41) is 3.10. The van der Waals surface area contributed by atoms with E-state index in [0.29, 0.717) is 6.54 Å². The van der Waals surface area contributed by atoms with Crippen LogP contribution in [0.15, 0.2) is 12.1 Å². The van der Waals surface area contributed by atoms with E-state index in [1.165, 1.54) is 4.90 Å². The van der Waals surface area contributed by atoms with Gasteiger partial charge in [0.25, 0.3) is 0 Å². The van der Waals surface area contributed by atoms with Crippen LogP contribution in [-0.2, 0) is 19.9 Å². The maximum Gasteiger partial charge on any atom is 0.250 e. The summed E-state index contributed by atoms with van der Waals surface area (Å²) in [6.07, 6.45) is 3.56. The molecule has 5 rings (SSSR count). The zero-order valence-corrected chi connectivity index (χ0v) is 16.7. The molecule has 0 saturated carbocycles. The van der Waals surface area contributed by atoms with E-state index in [0.717, 1.165) is 54.6 Å². The number of anilines is 1. The number of fused-ring (bicyclic) bond motifs is 7. The summed E-state index contributed by atoms with van der Waals surface area (Å²) < 4.78 is 0. The Kier molecular flexibility index (Phi) is 3.76. The summed E-state index contributed by atoms with van der Waals surface area (Å²) in [4.78, 5) is 43.9. The SMILES string of the molecule is CCCCN1C(=O)[C@H]2[C@@H](C1=O)[C@]1(C(=O)Nc3c1ccc(C)c3C)N1CCC[C@@H]21. The fraction of sp³-hybridized carbons (Fsp3) is 0.591. The maximum atomic E-state index is 13.5. The van der Waals surface area contributed by atoms with Gasteiger partial charge in [0.05, 0.1) is 11.8 Å². The van der Waals surface area contributed by atoms with Gasteiger partial charge in [-0.1, -0.05) is 25.5 Å². The van der Waals surface area contributed by atoms with Gasteiger partial charge in [-0.2, -0.15) is 0 Å². The first kappa shape index (κ1) is 17.9. The highest BCUT2D eigenvalue weighted by atomic mass is 16.2. The lowest BCUT2D eigenvalue weighted by Gasteiger charge is -2.36. The first-order valence-electron chi connectivity index (χ1n) is 10.5. The molecular weight excluding hydrogens is 354 g/mol. The Morgan fingerprint density at radius 2 is 1.96 bits per heavy atom. The van der Waals surface area contributed by atoms with E-state index in [2.05, 4.69) is 17.1 Å². The number of hydrogen-bond acceptors (Lipinski definition) is 4. The average molecular weight is 381 g/mol. The Morgan fingerprint density at radius 1 is 1.18 bits per heavy atom. The molecule has 4 aliphatic rings. The lowest BCUT2D eigenvalue weighted by atomic mass is 9.75. The summed E-state index contributed by atoms with van der Waals surface area (Å²) in [6.45, 7) is 7.31. The van der Waals surface area contributed by atoms with Crippen molar-refractivity contribution in [2.45, 2.75) is 58.0 Å². The van der Waals surface area contributed by atoms with Crippen molar-refractivity contribution in [1.29, 1.82) is 0 Å². The number of carbonyl (C=O) groups excluding carboxylic acids is 3. The van der Waals surface area contributed by atoms with Gasteiger partial charge in [0.1, 0.15) is 5.54 Å². The van der Waals surface area contributed by atoms with Gasteiger partial charge in [-0.05, 0) is 50.8 Å². The smallest absolute Gasteiger partial charge is 0.250 e. The molecule has 0 bridgehead atoms. The van der Waals surface area contributed by atoms with Crippen LogP contribution >= 0.6 is 0 Å². The van der Waals surface area contributed by atoms with E-state index in [4.69, 9.17) is 0 Å². The molecule has 1 N–H and O–H groups in total. The van der Waals surface area contributed by atoms with Gasteiger partial charge in [0.2, 0.25) is 17.7 Å². The van der Waals surface area contributed by atoms with Crippen molar-refractivity contribution in [2.75, 3.05) is 18.4 Å². The third kappa shape index (κ3) is 1.89. The summed E-state index contributed by atoms with van der Waals surface area (Å²) >= 11 is 0. The highest BCUT2D eigenvalue weighted by Crippen LogP contribution is 2.60. The minimum atomic E-state index is -1.03. The lowest BCUT2D eigenvalue weighted by molar-refractivity contribution is -0.145. The molecule has 0 aromatic heterocycles. The van der Waals surface area contributed by atoms with Crippen LogP contribution in [0, 0.1) is 25.7 Å². The number of nitrogens with zero attached hydrogens (tertiary/aromatic N) is 2. The van der Waals surface area contributed by atoms with Crippen LogP contribution in [0.5, 0.6) is 0 Å². The van der Waals surface area contributed by atoms with Crippen molar-refractivity contribution < 1.29 is 14.4 Å². The number of amides is 3. The molecule has 6 heteroatoms. The topological polar surface area (TPSA) is 69.7 Å². The molecule has 0 radical (unpaired) electrons. The Morgan fingerprint density at radius 3 is 2.71 bits per heavy atom. The van der Waals surface area contributed by atoms with Crippen molar-refractivity contribution in [3.63, 3.8) is 0 Å². The van der Waals surface area contributed by atoms with Gasteiger partial charge in [0.15, 0.2) is 0 Å². The zero-order chi connectivity index (χ0) is 19.8. The van der Waals surface area contributed by atoms with Crippen LogP contribution in [0.4, 0.5) is 5.69 Å². The number of benzene rings is 1. The molecule has 6 nitrogen and oxygen atoms in total. The first-order valence-corrected chi connectivity index (χ1v) is 10.5. The number of likely N-dealkylation sites (tertiary alicyclic amines) is 1. The Balaban J connectivity index is 1.70. The molecule has 4 aliphatic heterocycles.